The predicted molar refractivity (Wildman–Crippen MR) is 121 cm³/mol. The van der Waals surface area contributed by atoms with Gasteiger partial charge in [-0.25, -0.2) is 0 Å². The third-order valence-electron chi connectivity index (χ3n) is 5.45. The smallest absolute Gasteiger partial charge is 0.261 e. The van der Waals surface area contributed by atoms with Gasteiger partial charge in [0.05, 0.1) is 0 Å². The fourth-order valence-electron chi connectivity index (χ4n) is 4.11. The number of nitrogens with zero attached hydrogens (tertiary/aromatic N) is 2. The maximum Gasteiger partial charge on any atom is 0.261 e. The van der Waals surface area contributed by atoms with Crippen LogP contribution in [0.2, 0.25) is 0 Å². The van der Waals surface area contributed by atoms with Crippen LogP contribution >= 0.6 is 0 Å². The second-order valence-electron chi connectivity index (χ2n) is 7.23. The normalized spacial score (nSPS) is 18.0. The molecule has 4 aromatic carbocycles. The first-order valence-electron chi connectivity index (χ1n) is 9.95. The van der Waals surface area contributed by atoms with Crippen molar-refractivity contribution in [2.24, 2.45) is 4.99 Å². The van der Waals surface area contributed by atoms with Gasteiger partial charge in [0.15, 0.2) is 5.66 Å². The van der Waals surface area contributed by atoms with Gasteiger partial charge in [0.2, 0.25) is 0 Å². The Hall–Kier alpha value is -3.98. The van der Waals surface area contributed by atoms with Gasteiger partial charge >= 0.3 is 0 Å². The highest BCUT2D eigenvalue weighted by Crippen LogP contribution is 2.47. The molecule has 30 heavy (non-hydrogen) atoms. The minimum Gasteiger partial charge on any atom is -0.275 e. The first kappa shape index (κ1) is 18.1. The third-order valence-corrected chi connectivity index (χ3v) is 5.45. The Morgan fingerprint density at radius 1 is 0.667 bits per heavy atom. The molecule has 3 heteroatoms. The van der Waals surface area contributed by atoms with Crippen LogP contribution in [-0.2, 0) is 5.66 Å². The summed E-state index contributed by atoms with van der Waals surface area (Å²) in [5.74, 6) is -0.0501. The number of anilines is 1. The number of para-hydroxylation sites is 1. The number of fused-ring (bicyclic) bond motifs is 1. The van der Waals surface area contributed by atoms with Crippen LogP contribution in [0.25, 0.3) is 0 Å². The predicted octanol–water partition coefficient (Wildman–Crippen LogP) is 5.67. The molecule has 0 aromatic heterocycles. The second-order valence-corrected chi connectivity index (χ2v) is 7.23. The molecule has 1 heterocycles. The lowest BCUT2D eigenvalue weighted by Gasteiger charge is -2.36. The van der Waals surface area contributed by atoms with E-state index in [1.54, 1.807) is 0 Å². The summed E-state index contributed by atoms with van der Waals surface area (Å²) >= 11 is 0. The van der Waals surface area contributed by atoms with E-state index in [0.717, 1.165) is 22.4 Å². The van der Waals surface area contributed by atoms with Gasteiger partial charge in [0, 0.05) is 28.6 Å². The highest BCUT2D eigenvalue weighted by atomic mass is 16.2. The third kappa shape index (κ3) is 2.83. The van der Waals surface area contributed by atoms with Gasteiger partial charge in [-0.3, -0.25) is 14.7 Å². The topological polar surface area (TPSA) is 32.7 Å². The standard InChI is InChI=1S/C27H20N2O/c30-26-24-18-10-11-19-25(24)27(22-14-6-2-7-15-22,28-20-21-12-4-1-5-13-21)29(26)23-16-8-3-9-17-23/h1-20H/b28-20+. The summed E-state index contributed by atoms with van der Waals surface area (Å²) in [4.78, 5) is 20.6. The van der Waals surface area contributed by atoms with Crippen molar-refractivity contribution in [2.45, 2.75) is 5.66 Å². The van der Waals surface area contributed by atoms with E-state index in [1.807, 2.05) is 126 Å². The number of aliphatic imine (C=N–C) groups is 1. The van der Waals surface area contributed by atoms with E-state index in [-0.39, 0.29) is 5.91 Å². The molecule has 0 saturated heterocycles. The molecule has 1 amide bonds. The summed E-state index contributed by atoms with van der Waals surface area (Å²) in [6, 6.07) is 37.5. The number of carbonyl (C=O) groups is 1. The first-order valence-corrected chi connectivity index (χ1v) is 9.95. The summed E-state index contributed by atoms with van der Waals surface area (Å²) in [6.07, 6.45) is 1.86. The summed E-state index contributed by atoms with van der Waals surface area (Å²) in [7, 11) is 0. The highest BCUT2D eigenvalue weighted by Gasteiger charge is 2.51. The van der Waals surface area contributed by atoms with Crippen molar-refractivity contribution < 1.29 is 4.79 Å². The van der Waals surface area contributed by atoms with Crippen LogP contribution in [0.5, 0.6) is 0 Å². The fraction of sp³-hybridized carbons (Fsp3) is 0.0370. The molecule has 1 atom stereocenters. The van der Waals surface area contributed by atoms with Crippen molar-refractivity contribution in [3.8, 4) is 0 Å². The number of rotatable bonds is 4. The molecule has 0 bridgehead atoms. The summed E-state index contributed by atoms with van der Waals surface area (Å²) in [5, 5.41) is 0. The molecule has 1 aliphatic rings. The zero-order valence-corrected chi connectivity index (χ0v) is 16.3. The van der Waals surface area contributed by atoms with Crippen molar-refractivity contribution in [3.63, 3.8) is 0 Å². The van der Waals surface area contributed by atoms with Crippen LogP contribution in [0, 0.1) is 0 Å². The fourth-order valence-corrected chi connectivity index (χ4v) is 4.11. The lowest BCUT2D eigenvalue weighted by Crippen LogP contribution is -2.43. The van der Waals surface area contributed by atoms with Crippen LogP contribution in [0.3, 0.4) is 0 Å². The lowest BCUT2D eigenvalue weighted by molar-refractivity contribution is 0.0983. The van der Waals surface area contributed by atoms with Gasteiger partial charge in [-0.2, -0.15) is 0 Å². The van der Waals surface area contributed by atoms with Crippen LogP contribution in [0.1, 0.15) is 27.0 Å². The Kier molecular flexibility index (Phi) is 4.49. The quantitative estimate of drug-likeness (QED) is 0.415. The van der Waals surface area contributed by atoms with E-state index < -0.39 is 5.66 Å². The van der Waals surface area contributed by atoms with Crippen molar-refractivity contribution in [3.05, 3.63) is 138 Å². The minimum absolute atomic E-state index is 0.0501. The molecule has 0 spiro atoms. The van der Waals surface area contributed by atoms with Gasteiger partial charge in [-0.05, 0) is 23.8 Å². The van der Waals surface area contributed by atoms with E-state index in [1.165, 1.54) is 0 Å². The molecule has 0 N–H and O–H groups in total. The summed E-state index contributed by atoms with van der Waals surface area (Å²) in [5.41, 5.74) is 3.32. The molecular formula is C27H20N2O. The van der Waals surface area contributed by atoms with Gasteiger partial charge in [0.1, 0.15) is 0 Å². The molecule has 5 rings (SSSR count). The van der Waals surface area contributed by atoms with E-state index in [4.69, 9.17) is 4.99 Å². The van der Waals surface area contributed by atoms with Gasteiger partial charge < -0.3 is 0 Å². The van der Waals surface area contributed by atoms with Gasteiger partial charge in [-0.1, -0.05) is 97.1 Å². The van der Waals surface area contributed by atoms with Crippen molar-refractivity contribution >= 4 is 17.8 Å². The SMILES string of the molecule is O=C1c2ccccc2C(/N=C/c2ccccc2)(c2ccccc2)N1c1ccccc1. The average molecular weight is 388 g/mol. The Morgan fingerprint density at radius 3 is 1.93 bits per heavy atom. The number of benzene rings is 4. The molecule has 4 aromatic rings. The minimum atomic E-state index is -0.980. The Balaban J connectivity index is 1.82. The molecule has 0 radical (unpaired) electrons. The summed E-state index contributed by atoms with van der Waals surface area (Å²) in [6.45, 7) is 0. The average Bonchev–Trinajstić information content (AvgIpc) is 3.08. The molecular weight excluding hydrogens is 368 g/mol. The molecule has 1 unspecified atom stereocenters. The number of hydrogen-bond donors (Lipinski definition) is 0. The molecule has 0 aliphatic carbocycles. The first-order chi connectivity index (χ1) is 14.8. The van der Waals surface area contributed by atoms with Crippen molar-refractivity contribution in [2.75, 3.05) is 4.90 Å². The van der Waals surface area contributed by atoms with Crippen LogP contribution in [0.15, 0.2) is 120 Å². The monoisotopic (exact) mass is 388 g/mol. The van der Waals surface area contributed by atoms with Crippen LogP contribution in [0.4, 0.5) is 5.69 Å². The van der Waals surface area contributed by atoms with E-state index in [0.29, 0.717) is 5.56 Å². The Morgan fingerprint density at radius 2 is 1.23 bits per heavy atom. The van der Waals surface area contributed by atoms with E-state index in [9.17, 15) is 4.79 Å². The Labute approximate surface area is 176 Å². The largest absolute Gasteiger partial charge is 0.275 e. The van der Waals surface area contributed by atoms with E-state index >= 15 is 0 Å². The van der Waals surface area contributed by atoms with Gasteiger partial charge in [0.25, 0.3) is 5.91 Å². The molecule has 0 fully saturated rings. The van der Waals surface area contributed by atoms with Gasteiger partial charge in [-0.15, -0.1) is 0 Å². The van der Waals surface area contributed by atoms with E-state index in [2.05, 4.69) is 0 Å². The zero-order chi connectivity index (χ0) is 20.4. The number of amides is 1. The molecule has 1 aliphatic heterocycles. The van der Waals surface area contributed by atoms with Crippen molar-refractivity contribution in [1.82, 2.24) is 0 Å². The molecule has 3 nitrogen and oxygen atoms in total. The summed E-state index contributed by atoms with van der Waals surface area (Å²) < 4.78 is 0. The molecule has 144 valence electrons. The Bertz CT molecular complexity index is 1200. The lowest BCUT2D eigenvalue weighted by atomic mass is 9.90. The highest BCUT2D eigenvalue weighted by molar-refractivity contribution is 6.13. The van der Waals surface area contributed by atoms with Crippen LogP contribution in [-0.4, -0.2) is 12.1 Å². The molecule has 0 saturated carbocycles. The van der Waals surface area contributed by atoms with Crippen LogP contribution < -0.4 is 4.90 Å². The number of carbonyl (C=O) groups excluding carboxylic acids is 1. The second kappa shape index (κ2) is 7.45. The van der Waals surface area contributed by atoms with Crippen molar-refractivity contribution in [1.29, 1.82) is 0 Å². The maximum atomic E-state index is 13.6. The maximum absolute atomic E-state index is 13.6. The number of hydrogen-bond acceptors (Lipinski definition) is 2. The zero-order valence-electron chi connectivity index (χ0n) is 16.3.